The lowest BCUT2D eigenvalue weighted by Gasteiger charge is -2.27. The number of carbonyl (C=O) groups excluding carboxylic acids is 2. The van der Waals surface area contributed by atoms with Crippen molar-refractivity contribution < 1.29 is 14.3 Å². The molecular formula is C17H22N2O3. The van der Waals surface area contributed by atoms with Crippen molar-refractivity contribution in [1.82, 2.24) is 9.80 Å². The summed E-state index contributed by atoms with van der Waals surface area (Å²) in [5, 5.41) is 0. The van der Waals surface area contributed by atoms with Crippen molar-refractivity contribution in [3.05, 3.63) is 35.4 Å². The zero-order valence-electron chi connectivity index (χ0n) is 12.8. The number of likely N-dealkylation sites (tertiary alicyclic amines) is 1. The van der Waals surface area contributed by atoms with Crippen LogP contribution in [0.4, 0.5) is 0 Å². The summed E-state index contributed by atoms with van der Waals surface area (Å²) in [6.07, 6.45) is 3.37. The molecule has 0 atom stereocenters. The fourth-order valence-corrected chi connectivity index (χ4v) is 2.98. The third-order valence-corrected chi connectivity index (χ3v) is 4.32. The van der Waals surface area contributed by atoms with E-state index < -0.39 is 0 Å². The van der Waals surface area contributed by atoms with Crippen LogP contribution in [0.2, 0.25) is 0 Å². The van der Waals surface area contributed by atoms with Gasteiger partial charge < -0.3 is 14.5 Å². The third-order valence-electron chi connectivity index (χ3n) is 4.32. The molecular weight excluding hydrogens is 280 g/mol. The summed E-state index contributed by atoms with van der Waals surface area (Å²) >= 11 is 0. The van der Waals surface area contributed by atoms with E-state index in [0.29, 0.717) is 37.4 Å². The van der Waals surface area contributed by atoms with Gasteiger partial charge in [-0.05, 0) is 43.5 Å². The Morgan fingerprint density at radius 2 is 1.18 bits per heavy atom. The molecule has 118 valence electrons. The molecule has 5 heteroatoms. The van der Waals surface area contributed by atoms with Gasteiger partial charge in [0, 0.05) is 37.3 Å². The number of benzene rings is 1. The fraction of sp³-hybridized carbons (Fsp3) is 0.529. The molecule has 2 saturated heterocycles. The molecule has 0 aliphatic carbocycles. The van der Waals surface area contributed by atoms with Gasteiger partial charge in [0.05, 0.1) is 13.2 Å². The molecule has 3 rings (SSSR count). The molecule has 2 amide bonds. The van der Waals surface area contributed by atoms with Gasteiger partial charge in [-0.15, -0.1) is 0 Å². The highest BCUT2D eigenvalue weighted by atomic mass is 16.5. The molecule has 1 aromatic carbocycles. The van der Waals surface area contributed by atoms with Crippen LogP contribution in [0.1, 0.15) is 40.0 Å². The number of carbonyl (C=O) groups is 2. The Morgan fingerprint density at radius 1 is 0.727 bits per heavy atom. The van der Waals surface area contributed by atoms with Crippen molar-refractivity contribution in [2.75, 3.05) is 39.4 Å². The van der Waals surface area contributed by atoms with Gasteiger partial charge >= 0.3 is 0 Å². The maximum absolute atomic E-state index is 12.4. The van der Waals surface area contributed by atoms with E-state index >= 15 is 0 Å². The zero-order chi connectivity index (χ0) is 15.4. The number of rotatable bonds is 2. The van der Waals surface area contributed by atoms with E-state index in [9.17, 15) is 9.59 Å². The number of ether oxygens (including phenoxy) is 1. The molecule has 0 N–H and O–H groups in total. The highest BCUT2D eigenvalue weighted by Gasteiger charge is 2.20. The molecule has 0 aromatic heterocycles. The first-order valence-electron chi connectivity index (χ1n) is 8.02. The summed E-state index contributed by atoms with van der Waals surface area (Å²) in [7, 11) is 0. The monoisotopic (exact) mass is 302 g/mol. The van der Waals surface area contributed by atoms with Gasteiger partial charge in [0.25, 0.3) is 11.8 Å². The molecule has 0 radical (unpaired) electrons. The van der Waals surface area contributed by atoms with E-state index in [1.165, 1.54) is 6.42 Å². The standard InChI is InChI=1S/C17H22N2O3/c20-16(18-8-2-1-3-9-18)14-4-6-15(7-5-14)17(21)19-10-12-22-13-11-19/h4-7H,1-3,8-13H2. The quantitative estimate of drug-likeness (QED) is 0.837. The minimum atomic E-state index is 0.0141. The number of nitrogens with zero attached hydrogens (tertiary/aromatic N) is 2. The Morgan fingerprint density at radius 3 is 1.68 bits per heavy atom. The summed E-state index contributed by atoms with van der Waals surface area (Å²) in [5.41, 5.74) is 1.30. The van der Waals surface area contributed by atoms with Crippen molar-refractivity contribution >= 4 is 11.8 Å². The summed E-state index contributed by atoms with van der Waals surface area (Å²) in [6, 6.07) is 7.05. The summed E-state index contributed by atoms with van der Waals surface area (Å²) in [6.45, 7) is 4.13. The van der Waals surface area contributed by atoms with E-state index in [4.69, 9.17) is 4.74 Å². The van der Waals surface area contributed by atoms with Crippen LogP contribution in [0.15, 0.2) is 24.3 Å². The Bertz CT molecular complexity index is 480. The van der Waals surface area contributed by atoms with Crippen LogP contribution in [0, 0.1) is 0 Å². The van der Waals surface area contributed by atoms with Crippen LogP contribution in [0.25, 0.3) is 0 Å². The Kier molecular flexibility index (Phi) is 4.73. The van der Waals surface area contributed by atoms with Gasteiger partial charge in [-0.3, -0.25) is 9.59 Å². The smallest absolute Gasteiger partial charge is 0.254 e. The number of piperidine rings is 1. The Balaban J connectivity index is 1.66. The highest BCUT2D eigenvalue weighted by molar-refractivity contribution is 5.97. The van der Waals surface area contributed by atoms with Crippen LogP contribution in [0.5, 0.6) is 0 Å². The molecule has 0 spiro atoms. The second-order valence-electron chi connectivity index (χ2n) is 5.83. The predicted molar refractivity (Wildman–Crippen MR) is 82.9 cm³/mol. The summed E-state index contributed by atoms with van der Waals surface area (Å²) < 4.78 is 5.26. The lowest BCUT2D eigenvalue weighted by molar-refractivity contribution is 0.0303. The lowest BCUT2D eigenvalue weighted by Crippen LogP contribution is -2.40. The van der Waals surface area contributed by atoms with Gasteiger partial charge in [-0.25, -0.2) is 0 Å². The molecule has 0 bridgehead atoms. The van der Waals surface area contributed by atoms with E-state index in [1.807, 2.05) is 4.90 Å². The van der Waals surface area contributed by atoms with Crippen LogP contribution in [-0.2, 0) is 4.74 Å². The van der Waals surface area contributed by atoms with Crippen molar-refractivity contribution in [3.63, 3.8) is 0 Å². The molecule has 1 aromatic rings. The topological polar surface area (TPSA) is 49.9 Å². The zero-order valence-corrected chi connectivity index (χ0v) is 12.8. The minimum Gasteiger partial charge on any atom is -0.378 e. The number of morpholine rings is 1. The van der Waals surface area contributed by atoms with Gasteiger partial charge in [0.1, 0.15) is 0 Å². The lowest BCUT2D eigenvalue weighted by atomic mass is 10.1. The van der Waals surface area contributed by atoms with Crippen molar-refractivity contribution in [2.45, 2.75) is 19.3 Å². The van der Waals surface area contributed by atoms with Crippen molar-refractivity contribution in [1.29, 1.82) is 0 Å². The first-order chi connectivity index (χ1) is 10.8. The van der Waals surface area contributed by atoms with Crippen LogP contribution >= 0.6 is 0 Å². The number of amides is 2. The molecule has 0 saturated carbocycles. The Labute approximate surface area is 130 Å². The molecule has 2 fully saturated rings. The average molecular weight is 302 g/mol. The highest BCUT2D eigenvalue weighted by Crippen LogP contribution is 2.15. The second-order valence-corrected chi connectivity index (χ2v) is 5.83. The average Bonchev–Trinajstić information content (AvgIpc) is 2.62. The minimum absolute atomic E-state index is 0.0141. The third kappa shape index (κ3) is 3.30. The largest absolute Gasteiger partial charge is 0.378 e. The molecule has 2 aliphatic rings. The molecule has 22 heavy (non-hydrogen) atoms. The number of hydrogen-bond donors (Lipinski definition) is 0. The van der Waals surface area contributed by atoms with Crippen molar-refractivity contribution in [3.8, 4) is 0 Å². The van der Waals surface area contributed by atoms with Gasteiger partial charge in [-0.2, -0.15) is 0 Å². The van der Waals surface area contributed by atoms with E-state index in [-0.39, 0.29) is 11.8 Å². The molecule has 5 nitrogen and oxygen atoms in total. The van der Waals surface area contributed by atoms with Gasteiger partial charge in [0.2, 0.25) is 0 Å². The van der Waals surface area contributed by atoms with Crippen LogP contribution in [-0.4, -0.2) is 61.0 Å². The number of hydrogen-bond acceptors (Lipinski definition) is 3. The first kappa shape index (κ1) is 15.0. The van der Waals surface area contributed by atoms with Crippen molar-refractivity contribution in [2.24, 2.45) is 0 Å². The van der Waals surface area contributed by atoms with Gasteiger partial charge in [-0.1, -0.05) is 0 Å². The fourth-order valence-electron chi connectivity index (χ4n) is 2.98. The summed E-state index contributed by atoms with van der Waals surface area (Å²) in [4.78, 5) is 28.5. The van der Waals surface area contributed by atoms with Gasteiger partial charge in [0.15, 0.2) is 0 Å². The molecule has 2 aliphatic heterocycles. The Hall–Kier alpha value is -1.88. The second kappa shape index (κ2) is 6.92. The first-order valence-corrected chi connectivity index (χ1v) is 8.02. The van der Waals surface area contributed by atoms with E-state index in [0.717, 1.165) is 25.9 Å². The van der Waals surface area contributed by atoms with E-state index in [1.54, 1.807) is 29.2 Å². The van der Waals surface area contributed by atoms with Crippen LogP contribution < -0.4 is 0 Å². The predicted octanol–water partition coefficient (Wildman–Crippen LogP) is 1.79. The maximum atomic E-state index is 12.4. The summed E-state index contributed by atoms with van der Waals surface area (Å²) in [5.74, 6) is 0.0883. The SMILES string of the molecule is O=C(c1ccc(C(=O)N2CCOCC2)cc1)N1CCCCC1. The maximum Gasteiger partial charge on any atom is 0.254 e. The van der Waals surface area contributed by atoms with E-state index in [2.05, 4.69) is 0 Å². The molecule has 0 unspecified atom stereocenters. The normalized spacial score (nSPS) is 19.1. The molecule has 2 heterocycles. The van der Waals surface area contributed by atoms with Crippen LogP contribution in [0.3, 0.4) is 0 Å².